The molecule has 0 saturated heterocycles. The molecule has 0 aromatic carbocycles. The minimum absolute atomic E-state index is 0.833. The van der Waals surface area contributed by atoms with Gasteiger partial charge in [0.1, 0.15) is 0 Å². The summed E-state index contributed by atoms with van der Waals surface area (Å²) in [6, 6.07) is 0. The van der Waals surface area contributed by atoms with E-state index >= 15 is 0 Å². The summed E-state index contributed by atoms with van der Waals surface area (Å²) < 4.78 is 0. The lowest BCUT2D eigenvalue weighted by atomic mass is 10.0. The van der Waals surface area contributed by atoms with Crippen LogP contribution in [0.1, 0.15) is 193 Å². The molecule has 1 N–H and O–H groups in total. The first-order chi connectivity index (χ1) is 17.3. The summed E-state index contributed by atoms with van der Waals surface area (Å²) in [7, 11) is 0. The largest absolute Gasteiger partial charge is 0.478 e. The van der Waals surface area contributed by atoms with Crippen molar-refractivity contribution in [1.29, 1.82) is 0 Å². The highest BCUT2D eigenvalue weighted by atomic mass is 16.4. The molecule has 2 heteroatoms. The van der Waals surface area contributed by atoms with E-state index in [0.717, 1.165) is 6.08 Å². The van der Waals surface area contributed by atoms with Gasteiger partial charge in [-0.15, -0.1) is 0 Å². The van der Waals surface area contributed by atoms with Crippen molar-refractivity contribution in [2.24, 2.45) is 0 Å². The highest BCUT2D eigenvalue weighted by molar-refractivity contribution is 5.78. The molecule has 0 unspecified atom stereocenters. The fraction of sp³-hybridized carbons (Fsp3) is 0.909. The van der Waals surface area contributed by atoms with E-state index in [2.05, 4.69) is 6.58 Å². The number of carboxylic acid groups (broad SMARTS) is 1. The van der Waals surface area contributed by atoms with Gasteiger partial charge in [-0.2, -0.15) is 0 Å². The monoisotopic (exact) mass is 492 g/mol. The van der Waals surface area contributed by atoms with E-state index < -0.39 is 5.97 Å². The van der Waals surface area contributed by atoms with Gasteiger partial charge in [-0.05, 0) is 0 Å². The maximum atomic E-state index is 9.25. The van der Waals surface area contributed by atoms with Gasteiger partial charge in [-0.1, -0.05) is 199 Å². The van der Waals surface area contributed by atoms with Crippen molar-refractivity contribution in [3.8, 4) is 0 Å². The third-order valence-corrected chi connectivity index (χ3v) is 7.67. The number of aliphatic carboxylic acids is 1. The molecular weight excluding hydrogens is 428 g/mol. The van der Waals surface area contributed by atoms with Gasteiger partial charge in [0, 0.05) is 6.08 Å². The summed E-state index contributed by atoms with van der Waals surface area (Å²) in [4.78, 5) is 9.25. The summed E-state index contributed by atoms with van der Waals surface area (Å²) in [5.74, 6) is -0.981. The molecule has 208 valence electrons. The Hall–Kier alpha value is -0.790. The normalized spacial score (nSPS) is 21.5. The molecule has 0 amide bonds. The molecule has 0 radical (unpaired) electrons. The molecule has 35 heavy (non-hydrogen) atoms. The van der Waals surface area contributed by atoms with Crippen LogP contribution >= 0.6 is 0 Å². The van der Waals surface area contributed by atoms with Crippen LogP contribution in [0.25, 0.3) is 0 Å². The Balaban J connectivity index is 0.000000453. The smallest absolute Gasteiger partial charge is 0.327 e. The van der Waals surface area contributed by atoms with Crippen LogP contribution in [-0.4, -0.2) is 11.1 Å². The maximum Gasteiger partial charge on any atom is 0.327 e. The molecule has 0 aliphatic heterocycles. The Morgan fingerprint density at radius 2 is 0.400 bits per heavy atom. The minimum atomic E-state index is -0.981. The molecule has 0 bridgehead atoms. The van der Waals surface area contributed by atoms with Crippen LogP contribution in [0.2, 0.25) is 0 Å². The van der Waals surface area contributed by atoms with Gasteiger partial charge in [0.15, 0.2) is 0 Å². The Morgan fingerprint density at radius 3 is 0.429 bits per heavy atom. The highest BCUT2D eigenvalue weighted by Gasteiger charge is 1.97. The average Bonchev–Trinajstić information content (AvgIpc) is 2.91. The molecule has 3 rings (SSSR count). The second-order valence-electron chi connectivity index (χ2n) is 11.1. The third-order valence-electron chi connectivity index (χ3n) is 7.67. The van der Waals surface area contributed by atoms with Crippen molar-refractivity contribution in [2.45, 2.75) is 193 Å². The van der Waals surface area contributed by atoms with Crippen molar-refractivity contribution in [1.82, 2.24) is 0 Å². The Labute approximate surface area is 221 Å². The first-order valence-corrected chi connectivity index (χ1v) is 16.1. The van der Waals surface area contributed by atoms with Crippen LogP contribution in [0.3, 0.4) is 0 Å². The fourth-order valence-electron chi connectivity index (χ4n) is 5.30. The van der Waals surface area contributed by atoms with Crippen LogP contribution < -0.4 is 0 Å². The predicted octanol–water partition coefficient (Wildman–Crippen LogP) is 12.0. The highest BCUT2D eigenvalue weighted by Crippen LogP contribution is 2.17. The molecular formula is C33H64O2. The summed E-state index contributed by atoms with van der Waals surface area (Å²) in [5.41, 5.74) is 0. The molecule has 3 aliphatic carbocycles. The topological polar surface area (TPSA) is 37.3 Å². The molecule has 3 fully saturated rings. The predicted molar refractivity (Wildman–Crippen MR) is 156 cm³/mol. The minimum Gasteiger partial charge on any atom is -0.478 e. The van der Waals surface area contributed by atoms with Crippen LogP contribution in [0.4, 0.5) is 0 Å². The van der Waals surface area contributed by atoms with E-state index in [1.165, 1.54) is 193 Å². The van der Waals surface area contributed by atoms with Crippen LogP contribution in [-0.2, 0) is 4.79 Å². The second kappa shape index (κ2) is 31.2. The molecule has 2 nitrogen and oxygen atoms in total. The zero-order valence-electron chi connectivity index (χ0n) is 23.9. The lowest BCUT2D eigenvalue weighted by Gasteiger charge is -2.05. The molecule has 0 atom stereocenters. The first kappa shape index (κ1) is 34.2. The summed E-state index contributed by atoms with van der Waals surface area (Å²) in [5, 5.41) is 7.60. The zero-order valence-corrected chi connectivity index (χ0v) is 23.9. The Bertz CT molecular complexity index is 270. The van der Waals surface area contributed by atoms with Crippen molar-refractivity contribution in [2.75, 3.05) is 0 Å². The lowest BCUT2D eigenvalue weighted by Crippen LogP contribution is -1.85. The quantitative estimate of drug-likeness (QED) is 0.369. The van der Waals surface area contributed by atoms with Crippen molar-refractivity contribution < 1.29 is 9.90 Å². The number of hydrogen-bond acceptors (Lipinski definition) is 1. The number of rotatable bonds is 1. The zero-order chi connectivity index (χ0) is 25.5. The SMILES string of the molecule is C1CCCCCCCCC1.C1CCCCCCCCC1.C1CCCCCCCCC1.C=CC(=O)O. The maximum absolute atomic E-state index is 9.25. The number of hydrogen-bond donors (Lipinski definition) is 1. The van der Waals surface area contributed by atoms with E-state index in [0.29, 0.717) is 0 Å². The third kappa shape index (κ3) is 33.2. The Morgan fingerprint density at radius 1 is 0.343 bits per heavy atom. The molecule has 0 heterocycles. The van der Waals surface area contributed by atoms with E-state index in [-0.39, 0.29) is 0 Å². The van der Waals surface area contributed by atoms with E-state index in [1.54, 1.807) is 0 Å². The van der Waals surface area contributed by atoms with Crippen LogP contribution in [0.15, 0.2) is 12.7 Å². The van der Waals surface area contributed by atoms with Gasteiger partial charge in [0.2, 0.25) is 0 Å². The van der Waals surface area contributed by atoms with E-state index in [9.17, 15) is 4.79 Å². The Kier molecular flexibility index (Phi) is 30.5. The fourth-order valence-corrected chi connectivity index (χ4v) is 5.30. The van der Waals surface area contributed by atoms with Crippen LogP contribution in [0, 0.1) is 0 Å². The van der Waals surface area contributed by atoms with Crippen molar-refractivity contribution >= 4 is 5.97 Å². The molecule has 3 aliphatic rings. The van der Waals surface area contributed by atoms with Gasteiger partial charge in [-0.3, -0.25) is 0 Å². The second-order valence-corrected chi connectivity index (χ2v) is 11.1. The summed E-state index contributed by atoms with van der Waals surface area (Å²) in [6.07, 6.45) is 45.8. The van der Waals surface area contributed by atoms with Crippen LogP contribution in [0.5, 0.6) is 0 Å². The van der Waals surface area contributed by atoms with E-state index in [4.69, 9.17) is 5.11 Å². The summed E-state index contributed by atoms with van der Waals surface area (Å²) >= 11 is 0. The van der Waals surface area contributed by atoms with Gasteiger partial charge in [0.05, 0.1) is 0 Å². The number of carboxylic acids is 1. The molecule has 3 saturated carbocycles. The van der Waals surface area contributed by atoms with Gasteiger partial charge < -0.3 is 5.11 Å². The van der Waals surface area contributed by atoms with Gasteiger partial charge in [-0.25, -0.2) is 4.79 Å². The average molecular weight is 493 g/mol. The van der Waals surface area contributed by atoms with Crippen molar-refractivity contribution in [3.63, 3.8) is 0 Å². The van der Waals surface area contributed by atoms with Gasteiger partial charge >= 0.3 is 5.97 Å². The summed E-state index contributed by atoms with van der Waals surface area (Å²) in [6.45, 7) is 2.96. The molecule has 0 aromatic heterocycles. The standard InChI is InChI=1S/3C10H20.C3H4O2/c3*1-2-4-6-8-10-9-7-5-3-1;1-2-3(4)5/h3*1-10H2;2H,1H2,(H,4,5). The van der Waals surface area contributed by atoms with E-state index in [1.807, 2.05) is 0 Å². The number of carbonyl (C=O) groups is 1. The first-order valence-electron chi connectivity index (χ1n) is 16.1. The molecule has 0 spiro atoms. The molecule has 0 aromatic rings. The van der Waals surface area contributed by atoms with Crippen molar-refractivity contribution in [3.05, 3.63) is 12.7 Å². The lowest BCUT2D eigenvalue weighted by molar-refractivity contribution is -0.131. The van der Waals surface area contributed by atoms with Gasteiger partial charge in [0.25, 0.3) is 0 Å².